The van der Waals surface area contributed by atoms with Crippen LogP contribution >= 0.6 is 0 Å². The summed E-state index contributed by atoms with van der Waals surface area (Å²) in [7, 11) is 0. The summed E-state index contributed by atoms with van der Waals surface area (Å²) in [5.41, 5.74) is -1.23. The maximum absolute atomic E-state index is 12.3. The van der Waals surface area contributed by atoms with Crippen molar-refractivity contribution in [2.75, 3.05) is 0 Å². The Balaban J connectivity index is 2.42. The summed E-state index contributed by atoms with van der Waals surface area (Å²) in [6, 6.07) is 6.10. The minimum absolute atomic E-state index is 0.108. The highest BCUT2D eigenvalue weighted by Gasteiger charge is 2.48. The number of carbonyl (C=O) groups excluding carboxylic acids is 1. The zero-order chi connectivity index (χ0) is 12.5. The van der Waals surface area contributed by atoms with E-state index in [9.17, 15) is 19.8 Å². The van der Waals surface area contributed by atoms with Crippen LogP contribution < -0.4 is 0 Å². The van der Waals surface area contributed by atoms with E-state index in [4.69, 9.17) is 0 Å². The highest BCUT2D eigenvalue weighted by atomic mass is 16.4. The number of hydrogen-bond acceptors (Lipinski definition) is 3. The first-order valence-electron chi connectivity index (χ1n) is 5.64. The van der Waals surface area contributed by atoms with Crippen LogP contribution in [0.15, 0.2) is 24.3 Å². The van der Waals surface area contributed by atoms with Gasteiger partial charge in [-0.05, 0) is 25.0 Å². The lowest BCUT2D eigenvalue weighted by molar-refractivity contribution is -0.145. The molecule has 4 nitrogen and oxygen atoms in total. The zero-order valence-corrected chi connectivity index (χ0v) is 9.35. The van der Waals surface area contributed by atoms with Crippen LogP contribution in [0, 0.1) is 5.41 Å². The minimum atomic E-state index is -1.33. The Bertz CT molecular complexity index is 458. The first kappa shape index (κ1) is 11.6. The van der Waals surface area contributed by atoms with Crippen LogP contribution in [0.2, 0.25) is 0 Å². The highest BCUT2D eigenvalue weighted by Crippen LogP contribution is 2.42. The topological polar surface area (TPSA) is 74.6 Å². The fraction of sp³-hybridized carbons (Fsp3) is 0.385. The first-order chi connectivity index (χ1) is 8.08. The lowest BCUT2D eigenvalue weighted by Crippen LogP contribution is -2.36. The quantitative estimate of drug-likeness (QED) is 0.621. The van der Waals surface area contributed by atoms with Crippen LogP contribution in [0.25, 0.3) is 0 Å². The third-order valence-electron chi connectivity index (χ3n) is 3.45. The number of ketones is 1. The van der Waals surface area contributed by atoms with Crippen molar-refractivity contribution in [3.8, 4) is 5.75 Å². The second kappa shape index (κ2) is 4.20. The maximum Gasteiger partial charge on any atom is 0.317 e. The molecule has 1 aliphatic carbocycles. The van der Waals surface area contributed by atoms with Crippen molar-refractivity contribution in [1.29, 1.82) is 0 Å². The Labute approximate surface area is 98.9 Å². The summed E-state index contributed by atoms with van der Waals surface area (Å²) in [6.07, 6.45) is 2.20. The van der Waals surface area contributed by atoms with Crippen LogP contribution in [-0.4, -0.2) is 22.0 Å². The molecule has 1 saturated carbocycles. The minimum Gasteiger partial charge on any atom is -0.507 e. The molecule has 1 aromatic carbocycles. The van der Waals surface area contributed by atoms with E-state index in [1.54, 1.807) is 12.1 Å². The summed E-state index contributed by atoms with van der Waals surface area (Å²) < 4.78 is 0. The van der Waals surface area contributed by atoms with Gasteiger partial charge in [-0.2, -0.15) is 0 Å². The van der Waals surface area contributed by atoms with Gasteiger partial charge in [0.15, 0.2) is 5.78 Å². The monoisotopic (exact) mass is 234 g/mol. The fourth-order valence-electron chi connectivity index (χ4n) is 2.44. The summed E-state index contributed by atoms with van der Waals surface area (Å²) in [5, 5.41) is 18.9. The molecule has 0 heterocycles. The Kier molecular flexibility index (Phi) is 2.88. The van der Waals surface area contributed by atoms with Gasteiger partial charge in [-0.1, -0.05) is 25.0 Å². The van der Waals surface area contributed by atoms with Gasteiger partial charge in [0.25, 0.3) is 0 Å². The molecule has 0 atom stereocenters. The van der Waals surface area contributed by atoms with Gasteiger partial charge in [-0.25, -0.2) is 0 Å². The van der Waals surface area contributed by atoms with E-state index >= 15 is 0 Å². The van der Waals surface area contributed by atoms with Crippen molar-refractivity contribution < 1.29 is 19.8 Å². The van der Waals surface area contributed by atoms with Crippen molar-refractivity contribution >= 4 is 11.8 Å². The molecule has 0 bridgehead atoms. The summed E-state index contributed by atoms with van der Waals surface area (Å²) >= 11 is 0. The second-order valence-corrected chi connectivity index (χ2v) is 4.44. The molecule has 0 aromatic heterocycles. The predicted octanol–water partition coefficient (Wildman–Crippen LogP) is 2.22. The number of phenols is 1. The molecule has 90 valence electrons. The Morgan fingerprint density at radius 1 is 1.12 bits per heavy atom. The van der Waals surface area contributed by atoms with Gasteiger partial charge in [-0.3, -0.25) is 9.59 Å². The van der Waals surface area contributed by atoms with Gasteiger partial charge in [0, 0.05) is 0 Å². The summed E-state index contributed by atoms with van der Waals surface area (Å²) in [4.78, 5) is 23.6. The summed E-state index contributed by atoms with van der Waals surface area (Å²) in [6.45, 7) is 0. The molecular weight excluding hydrogens is 220 g/mol. The average Bonchev–Trinajstić information content (AvgIpc) is 2.79. The van der Waals surface area contributed by atoms with Crippen molar-refractivity contribution in [1.82, 2.24) is 0 Å². The Morgan fingerprint density at radius 2 is 1.71 bits per heavy atom. The second-order valence-electron chi connectivity index (χ2n) is 4.44. The Morgan fingerprint density at radius 3 is 2.24 bits per heavy atom. The van der Waals surface area contributed by atoms with E-state index in [1.807, 2.05) is 0 Å². The first-order valence-corrected chi connectivity index (χ1v) is 5.64. The normalized spacial score (nSPS) is 17.9. The molecule has 2 rings (SSSR count). The molecule has 0 spiro atoms. The predicted molar refractivity (Wildman–Crippen MR) is 61.0 cm³/mol. The average molecular weight is 234 g/mol. The van der Waals surface area contributed by atoms with Gasteiger partial charge in [-0.15, -0.1) is 0 Å². The van der Waals surface area contributed by atoms with E-state index in [2.05, 4.69) is 0 Å². The van der Waals surface area contributed by atoms with Gasteiger partial charge >= 0.3 is 5.97 Å². The number of carboxylic acid groups (broad SMARTS) is 1. The zero-order valence-electron chi connectivity index (χ0n) is 9.35. The van der Waals surface area contributed by atoms with Crippen LogP contribution in [0.4, 0.5) is 0 Å². The molecule has 0 radical (unpaired) electrons. The lowest BCUT2D eigenvalue weighted by atomic mass is 9.78. The van der Waals surface area contributed by atoms with E-state index < -0.39 is 17.2 Å². The van der Waals surface area contributed by atoms with Gasteiger partial charge in [0.2, 0.25) is 0 Å². The SMILES string of the molecule is O=C(O)C1(C(=O)c2ccccc2O)CCCC1. The molecular formula is C13H14O4. The maximum atomic E-state index is 12.3. The number of para-hydroxylation sites is 1. The third-order valence-corrected chi connectivity index (χ3v) is 3.45. The molecule has 2 N–H and O–H groups in total. The fourth-order valence-corrected chi connectivity index (χ4v) is 2.44. The Hall–Kier alpha value is -1.84. The van der Waals surface area contributed by atoms with E-state index in [0.717, 1.165) is 12.8 Å². The number of benzene rings is 1. The molecule has 17 heavy (non-hydrogen) atoms. The van der Waals surface area contributed by atoms with Crippen molar-refractivity contribution in [2.45, 2.75) is 25.7 Å². The van der Waals surface area contributed by atoms with Crippen molar-refractivity contribution in [3.05, 3.63) is 29.8 Å². The number of rotatable bonds is 3. The van der Waals surface area contributed by atoms with Crippen molar-refractivity contribution in [2.24, 2.45) is 5.41 Å². The standard InChI is InChI=1S/C13H14O4/c14-10-6-2-1-5-9(10)11(15)13(12(16)17)7-3-4-8-13/h1-2,5-6,14H,3-4,7-8H2,(H,16,17). The largest absolute Gasteiger partial charge is 0.507 e. The number of Topliss-reactive ketones (excluding diaryl/α,β-unsaturated/α-hetero) is 1. The molecule has 1 aromatic rings. The number of aliphatic carboxylic acids is 1. The van der Waals surface area contributed by atoms with E-state index in [1.165, 1.54) is 12.1 Å². The third kappa shape index (κ3) is 1.79. The molecule has 4 heteroatoms. The number of aromatic hydroxyl groups is 1. The molecule has 1 fully saturated rings. The van der Waals surface area contributed by atoms with Crippen LogP contribution in [0.1, 0.15) is 36.0 Å². The molecule has 1 aliphatic rings. The molecule has 0 saturated heterocycles. The van der Waals surface area contributed by atoms with Crippen molar-refractivity contribution in [3.63, 3.8) is 0 Å². The lowest BCUT2D eigenvalue weighted by Gasteiger charge is -2.22. The number of carboxylic acids is 1. The number of carbonyl (C=O) groups is 2. The van der Waals surface area contributed by atoms with Crippen LogP contribution in [0.5, 0.6) is 5.75 Å². The van der Waals surface area contributed by atoms with E-state index in [-0.39, 0.29) is 11.3 Å². The van der Waals surface area contributed by atoms with Gasteiger partial charge in [0.1, 0.15) is 11.2 Å². The van der Waals surface area contributed by atoms with Crippen LogP contribution in [0.3, 0.4) is 0 Å². The smallest absolute Gasteiger partial charge is 0.317 e. The molecule has 0 unspecified atom stereocenters. The molecule has 0 aliphatic heterocycles. The van der Waals surface area contributed by atoms with E-state index in [0.29, 0.717) is 12.8 Å². The molecule has 0 amide bonds. The van der Waals surface area contributed by atoms with Gasteiger partial charge in [0.05, 0.1) is 5.56 Å². The van der Waals surface area contributed by atoms with Crippen LogP contribution in [-0.2, 0) is 4.79 Å². The highest BCUT2D eigenvalue weighted by molar-refractivity contribution is 6.13. The number of hydrogen-bond donors (Lipinski definition) is 2. The van der Waals surface area contributed by atoms with Gasteiger partial charge < -0.3 is 10.2 Å². The summed E-state index contributed by atoms with van der Waals surface area (Å²) in [5.74, 6) is -1.70. The number of phenolic OH excluding ortho intramolecular Hbond substituents is 1.